The number of fused-ring (bicyclic) bond motifs is 2. The largest absolute Gasteiger partial charge is 0.485 e. The number of ether oxygens (including phenoxy) is 2. The van der Waals surface area contributed by atoms with Crippen molar-refractivity contribution >= 4 is 34.5 Å². The van der Waals surface area contributed by atoms with E-state index >= 15 is 0 Å². The monoisotopic (exact) mass is 464 g/mol. The fourth-order valence-corrected chi connectivity index (χ4v) is 4.42. The van der Waals surface area contributed by atoms with Crippen molar-refractivity contribution in [3.05, 3.63) is 72.2 Å². The topological polar surface area (TPSA) is 108 Å². The second-order valence-electron chi connectivity index (χ2n) is 7.32. The molecule has 0 spiro atoms. The van der Waals surface area contributed by atoms with Crippen molar-refractivity contribution in [2.45, 2.75) is 17.0 Å². The number of rotatable bonds is 5. The summed E-state index contributed by atoms with van der Waals surface area (Å²) < 4.78 is 19.0. The predicted molar refractivity (Wildman–Crippen MR) is 121 cm³/mol. The predicted octanol–water partition coefficient (Wildman–Crippen LogP) is 3.06. The van der Waals surface area contributed by atoms with E-state index in [1.54, 1.807) is 30.5 Å². The first-order valence-electron chi connectivity index (χ1n) is 10.2. The molecule has 1 aliphatic heterocycles. The average molecular weight is 465 g/mol. The van der Waals surface area contributed by atoms with Gasteiger partial charge in [-0.05, 0) is 18.2 Å². The Balaban J connectivity index is 1.29. The standard InChI is InChI=1S/C23H20N4O5S/c1-27-11-10-24-23(27)33-13-15-14-6-2-3-7-16(14)32-20(15)22(29)26-25-21(28)19-12-30-17-8-4-5-9-18(17)31-19/h2-11,19H,12-13H2,1H3,(H,25,28)(H,26,29)/t19-/m1/s1. The Labute approximate surface area is 193 Å². The minimum absolute atomic E-state index is 0.0366. The molecule has 0 aliphatic carbocycles. The van der Waals surface area contributed by atoms with Gasteiger partial charge < -0.3 is 18.5 Å². The van der Waals surface area contributed by atoms with E-state index in [2.05, 4.69) is 15.8 Å². The molecule has 33 heavy (non-hydrogen) atoms. The number of hydrogen-bond acceptors (Lipinski definition) is 7. The Morgan fingerprint density at radius 1 is 1.12 bits per heavy atom. The molecular weight excluding hydrogens is 444 g/mol. The zero-order valence-corrected chi connectivity index (χ0v) is 18.4. The van der Waals surface area contributed by atoms with Crippen LogP contribution in [0.2, 0.25) is 0 Å². The fourth-order valence-electron chi connectivity index (χ4n) is 3.46. The number of nitrogens with zero attached hydrogens (tertiary/aromatic N) is 2. The van der Waals surface area contributed by atoms with Crippen LogP contribution in [0.15, 0.2) is 70.5 Å². The first kappa shape index (κ1) is 21.0. The van der Waals surface area contributed by atoms with Gasteiger partial charge in [-0.1, -0.05) is 42.1 Å². The zero-order valence-electron chi connectivity index (χ0n) is 17.6. The van der Waals surface area contributed by atoms with E-state index in [9.17, 15) is 9.59 Å². The van der Waals surface area contributed by atoms with Crippen molar-refractivity contribution in [3.63, 3.8) is 0 Å². The van der Waals surface area contributed by atoms with Crippen LogP contribution in [0.25, 0.3) is 11.0 Å². The lowest BCUT2D eigenvalue weighted by atomic mass is 10.1. The molecule has 168 valence electrons. The van der Waals surface area contributed by atoms with Gasteiger partial charge in [-0.25, -0.2) is 4.98 Å². The molecule has 9 nitrogen and oxygen atoms in total. The van der Waals surface area contributed by atoms with E-state index in [0.29, 0.717) is 22.8 Å². The number of carbonyl (C=O) groups excluding carboxylic acids is 2. The number of aromatic nitrogens is 2. The maximum Gasteiger partial charge on any atom is 0.305 e. The highest BCUT2D eigenvalue weighted by molar-refractivity contribution is 7.98. The first-order valence-corrected chi connectivity index (χ1v) is 11.2. The van der Waals surface area contributed by atoms with Crippen LogP contribution in [-0.4, -0.2) is 34.1 Å². The molecule has 2 amide bonds. The molecule has 0 fully saturated rings. The summed E-state index contributed by atoms with van der Waals surface area (Å²) >= 11 is 1.49. The molecule has 2 aromatic heterocycles. The Morgan fingerprint density at radius 3 is 2.73 bits per heavy atom. The van der Waals surface area contributed by atoms with Crippen LogP contribution in [0.4, 0.5) is 0 Å². The maximum atomic E-state index is 12.9. The van der Waals surface area contributed by atoms with Crippen LogP contribution in [-0.2, 0) is 17.6 Å². The van der Waals surface area contributed by atoms with Crippen LogP contribution in [0.1, 0.15) is 16.1 Å². The van der Waals surface area contributed by atoms with E-state index in [1.165, 1.54) is 11.8 Å². The number of aryl methyl sites for hydroxylation is 1. The third-order valence-corrected chi connectivity index (χ3v) is 6.21. The Bertz CT molecular complexity index is 1330. The molecule has 2 N–H and O–H groups in total. The third kappa shape index (κ3) is 4.24. The van der Waals surface area contributed by atoms with Crippen LogP contribution >= 0.6 is 11.8 Å². The Hall–Kier alpha value is -3.92. The van der Waals surface area contributed by atoms with Crippen LogP contribution < -0.4 is 20.3 Å². The summed E-state index contributed by atoms with van der Waals surface area (Å²) in [4.78, 5) is 29.8. The molecule has 0 saturated carbocycles. The van der Waals surface area contributed by atoms with Gasteiger partial charge in [0.2, 0.25) is 6.10 Å². The van der Waals surface area contributed by atoms with Gasteiger partial charge in [0.15, 0.2) is 22.4 Å². The average Bonchev–Trinajstić information content (AvgIpc) is 3.43. The quantitative estimate of drug-likeness (QED) is 0.345. The molecule has 0 bridgehead atoms. The smallest absolute Gasteiger partial charge is 0.305 e. The van der Waals surface area contributed by atoms with Crippen molar-refractivity contribution in [1.29, 1.82) is 0 Å². The van der Waals surface area contributed by atoms with Gasteiger partial charge in [0.1, 0.15) is 12.2 Å². The number of imidazole rings is 1. The number of carbonyl (C=O) groups is 2. The maximum absolute atomic E-state index is 12.9. The molecule has 2 aromatic carbocycles. The van der Waals surface area contributed by atoms with Crippen LogP contribution in [0, 0.1) is 0 Å². The number of thioether (sulfide) groups is 1. The molecule has 4 aromatic rings. The zero-order chi connectivity index (χ0) is 22.8. The molecule has 0 saturated heterocycles. The number of hydrogen-bond donors (Lipinski definition) is 2. The van der Waals surface area contributed by atoms with Gasteiger partial charge in [0, 0.05) is 36.1 Å². The van der Waals surface area contributed by atoms with E-state index in [4.69, 9.17) is 13.9 Å². The van der Waals surface area contributed by atoms with Crippen molar-refractivity contribution in [2.24, 2.45) is 7.05 Å². The van der Waals surface area contributed by atoms with Gasteiger partial charge in [-0.2, -0.15) is 0 Å². The van der Waals surface area contributed by atoms with Crippen molar-refractivity contribution < 1.29 is 23.5 Å². The van der Waals surface area contributed by atoms with E-state index in [0.717, 1.165) is 16.1 Å². The van der Waals surface area contributed by atoms with Crippen LogP contribution in [0.3, 0.4) is 0 Å². The number of benzene rings is 2. The molecule has 0 radical (unpaired) electrons. The number of para-hydroxylation sites is 3. The summed E-state index contributed by atoms with van der Waals surface area (Å²) in [6, 6.07) is 14.5. The first-order chi connectivity index (χ1) is 16.1. The van der Waals surface area contributed by atoms with E-state index in [-0.39, 0.29) is 12.4 Å². The lowest BCUT2D eigenvalue weighted by Gasteiger charge is -2.25. The van der Waals surface area contributed by atoms with E-state index < -0.39 is 17.9 Å². The van der Waals surface area contributed by atoms with Crippen molar-refractivity contribution in [2.75, 3.05) is 6.61 Å². The number of amides is 2. The van der Waals surface area contributed by atoms with Crippen molar-refractivity contribution in [3.8, 4) is 11.5 Å². The molecule has 1 atom stereocenters. The molecule has 1 aliphatic rings. The number of hydrazine groups is 1. The highest BCUT2D eigenvalue weighted by Gasteiger charge is 2.28. The van der Waals surface area contributed by atoms with Crippen molar-refractivity contribution in [1.82, 2.24) is 20.4 Å². The molecular formula is C23H20N4O5S. The number of furan rings is 1. The molecule has 5 rings (SSSR count). The molecule has 3 heterocycles. The minimum atomic E-state index is -0.894. The van der Waals surface area contributed by atoms with Crippen LogP contribution in [0.5, 0.6) is 11.5 Å². The Kier molecular flexibility index (Phi) is 5.66. The second-order valence-corrected chi connectivity index (χ2v) is 8.27. The number of nitrogens with one attached hydrogen (secondary N) is 2. The second kappa shape index (κ2) is 8.91. The summed E-state index contributed by atoms with van der Waals surface area (Å²) in [6.45, 7) is 0.0366. The summed E-state index contributed by atoms with van der Waals surface area (Å²) in [5, 5.41) is 1.64. The van der Waals surface area contributed by atoms with Gasteiger partial charge in [-0.15, -0.1) is 0 Å². The lowest BCUT2D eigenvalue weighted by Crippen LogP contribution is -2.50. The SMILES string of the molecule is Cn1ccnc1SCc1c(C(=O)NNC(=O)[C@H]2COc3ccccc3O2)oc2ccccc12. The Morgan fingerprint density at radius 2 is 1.91 bits per heavy atom. The highest BCUT2D eigenvalue weighted by Crippen LogP contribution is 2.32. The summed E-state index contributed by atoms with van der Waals surface area (Å²) in [7, 11) is 1.90. The van der Waals surface area contributed by atoms with E-state index in [1.807, 2.05) is 42.1 Å². The summed E-state index contributed by atoms with van der Waals surface area (Å²) in [6.07, 6.45) is 2.68. The van der Waals surface area contributed by atoms with Gasteiger partial charge in [0.05, 0.1) is 0 Å². The van der Waals surface area contributed by atoms with Gasteiger partial charge in [0.25, 0.3) is 5.91 Å². The summed E-state index contributed by atoms with van der Waals surface area (Å²) in [5.74, 6) is 0.549. The molecule has 10 heteroatoms. The highest BCUT2D eigenvalue weighted by atomic mass is 32.2. The fraction of sp³-hybridized carbons (Fsp3) is 0.174. The normalized spacial score (nSPS) is 14.8. The third-order valence-electron chi connectivity index (χ3n) is 5.13. The molecule has 0 unspecified atom stereocenters. The summed E-state index contributed by atoms with van der Waals surface area (Å²) in [5.41, 5.74) is 6.14. The minimum Gasteiger partial charge on any atom is -0.485 e. The van der Waals surface area contributed by atoms with Gasteiger partial charge >= 0.3 is 5.91 Å². The lowest BCUT2D eigenvalue weighted by molar-refractivity contribution is -0.131. The van der Waals surface area contributed by atoms with Gasteiger partial charge in [-0.3, -0.25) is 20.4 Å².